The van der Waals surface area contributed by atoms with Crippen LogP contribution in [0, 0.1) is 0 Å². The molecule has 0 heterocycles. The molecule has 0 unspecified atom stereocenters. The normalized spacial score (nSPS) is 14.7. The first kappa shape index (κ1) is 29.2. The Bertz CT molecular complexity index is 311. The first-order chi connectivity index (χ1) is 8.56. The van der Waals surface area contributed by atoms with Crippen LogP contribution in [0.3, 0.4) is 0 Å². The number of hydrogen-bond donors (Lipinski definition) is 6. The van der Waals surface area contributed by atoms with Gasteiger partial charge in [0.2, 0.25) is 0 Å². The average molecular weight is 330 g/mol. The van der Waals surface area contributed by atoms with E-state index in [1.807, 2.05) is 0 Å². The molecule has 6 N–H and O–H groups in total. The zero-order valence-corrected chi connectivity index (χ0v) is 15.2. The minimum absolute atomic E-state index is 0. The van der Waals surface area contributed by atoms with E-state index in [0.29, 0.717) is 0 Å². The number of hydrogen-bond acceptors (Lipinski definition) is 10. The number of aliphatic carboxylic acids is 3. The Morgan fingerprint density at radius 3 is 1.43 bits per heavy atom. The van der Waals surface area contributed by atoms with Gasteiger partial charge in [0.1, 0.15) is 24.4 Å². The Morgan fingerprint density at radius 2 is 1.24 bits per heavy atom. The fraction of sp³-hybridized carbons (Fsp3) is 0.625. The van der Waals surface area contributed by atoms with Crippen LogP contribution in [0.15, 0.2) is 0 Å². The molecule has 0 radical (unpaired) electrons. The van der Waals surface area contributed by atoms with Crippen molar-refractivity contribution in [2.24, 2.45) is 0 Å². The third-order valence-corrected chi connectivity index (χ3v) is 1.67. The summed E-state index contributed by atoms with van der Waals surface area (Å²) in [5, 5.41) is 69.8. The molecule has 112 valence electrons. The van der Waals surface area contributed by atoms with Crippen LogP contribution in [0.2, 0.25) is 0 Å². The molecule has 0 saturated heterocycles. The fourth-order valence-electron chi connectivity index (χ4n) is 0.662. The molecule has 0 bridgehead atoms. The summed E-state index contributed by atoms with van der Waals surface area (Å²) < 4.78 is 0. The van der Waals surface area contributed by atoms with Crippen LogP contribution in [-0.4, -0.2) is 79.6 Å². The molecule has 0 aliphatic heterocycles. The molecular weight excluding hydrogens is 318 g/mol. The standard InChI is InChI=1S/C6H12O7.C2H2O4.2Na/c7-1-2(8)3(9)4(10)5(11)6(12)13;3-1(4)2(5)6;;/h2-5,7-11H,1H2,(H,12,13);(H,3,4)(H,5,6);;/q;;2*+1/p-2/t2-,3-,4+,5-;;;/m1.../s1. The summed E-state index contributed by atoms with van der Waals surface area (Å²) >= 11 is 0. The van der Waals surface area contributed by atoms with Crippen molar-refractivity contribution in [3.8, 4) is 0 Å². The van der Waals surface area contributed by atoms with Crippen LogP contribution < -0.4 is 69.3 Å². The molecule has 0 aliphatic carbocycles. The zero-order chi connectivity index (χ0) is 15.7. The number of rotatable bonds is 5. The molecule has 0 fully saturated rings. The van der Waals surface area contributed by atoms with E-state index < -0.39 is 48.9 Å². The van der Waals surface area contributed by atoms with Crippen molar-refractivity contribution in [3.05, 3.63) is 0 Å². The van der Waals surface area contributed by atoms with Gasteiger partial charge in [-0.3, -0.25) is 0 Å². The van der Waals surface area contributed by atoms with Gasteiger partial charge >= 0.3 is 65.1 Å². The Balaban J connectivity index is -0.000000156. The first-order valence-corrected chi connectivity index (χ1v) is 4.54. The second-order valence-electron chi connectivity index (χ2n) is 3.09. The molecule has 0 amide bonds. The number of aliphatic hydroxyl groups is 5. The summed E-state index contributed by atoms with van der Waals surface area (Å²) in [4.78, 5) is 28.0. The Kier molecular flexibility index (Phi) is 21.1. The number of carboxylic acids is 3. The van der Waals surface area contributed by atoms with Crippen LogP contribution in [-0.2, 0) is 14.4 Å². The summed E-state index contributed by atoms with van der Waals surface area (Å²) in [5.41, 5.74) is 0. The van der Waals surface area contributed by atoms with Crippen LogP contribution in [0.25, 0.3) is 0 Å². The van der Waals surface area contributed by atoms with Crippen molar-refractivity contribution < 1.29 is 114 Å². The van der Waals surface area contributed by atoms with Crippen molar-refractivity contribution in [1.29, 1.82) is 0 Å². The van der Waals surface area contributed by atoms with E-state index in [0.717, 1.165) is 0 Å². The molecule has 0 aromatic rings. The Labute approximate surface area is 162 Å². The third-order valence-electron chi connectivity index (χ3n) is 1.67. The maximum absolute atomic E-state index is 9.98. The number of carboxylic acid groups (broad SMARTS) is 3. The third kappa shape index (κ3) is 13.6. The number of carbonyl (C=O) groups is 3. The van der Waals surface area contributed by atoms with E-state index in [1.54, 1.807) is 0 Å². The molecule has 4 atom stereocenters. The quantitative estimate of drug-likeness (QED) is 0.205. The average Bonchev–Trinajstić information content (AvgIpc) is 2.35. The van der Waals surface area contributed by atoms with Crippen molar-refractivity contribution in [2.75, 3.05) is 6.61 Å². The smallest absolute Gasteiger partial charge is 0.547 e. The predicted octanol–water partition coefficient (Wildman–Crippen LogP) is -13.0. The van der Waals surface area contributed by atoms with Crippen molar-refractivity contribution in [3.63, 3.8) is 0 Å². The molecule has 21 heavy (non-hydrogen) atoms. The van der Waals surface area contributed by atoms with Gasteiger partial charge in [0.25, 0.3) is 0 Å². The van der Waals surface area contributed by atoms with Gasteiger partial charge in [-0.25, -0.2) is 4.79 Å². The zero-order valence-electron chi connectivity index (χ0n) is 11.2. The minimum Gasteiger partial charge on any atom is -0.547 e. The van der Waals surface area contributed by atoms with Gasteiger partial charge in [-0.1, -0.05) is 0 Å². The van der Waals surface area contributed by atoms with Gasteiger partial charge in [0, 0.05) is 0 Å². The number of aliphatic hydroxyl groups excluding tert-OH is 5. The van der Waals surface area contributed by atoms with Gasteiger partial charge < -0.3 is 50.4 Å². The largest absolute Gasteiger partial charge is 1.00 e. The summed E-state index contributed by atoms with van der Waals surface area (Å²) in [6.07, 6.45) is -8.08. The molecule has 0 spiro atoms. The Hall–Kier alpha value is 0.210. The van der Waals surface area contributed by atoms with Crippen LogP contribution in [0.5, 0.6) is 0 Å². The van der Waals surface area contributed by atoms with Crippen molar-refractivity contribution in [1.82, 2.24) is 0 Å². The molecule has 0 rings (SSSR count). The summed E-state index contributed by atoms with van der Waals surface area (Å²) in [7, 11) is 0. The first-order valence-electron chi connectivity index (χ1n) is 4.54. The Morgan fingerprint density at radius 1 is 0.905 bits per heavy atom. The van der Waals surface area contributed by atoms with E-state index in [-0.39, 0.29) is 59.1 Å². The van der Waals surface area contributed by atoms with E-state index in [9.17, 15) is 9.90 Å². The SMILES string of the molecule is O=C([O-])C(=O)O.O=C([O-])[C@H](O)[C@@H](O)[C@H](O)[C@H](O)CO.[Na+].[Na+]. The van der Waals surface area contributed by atoms with Gasteiger partial charge in [-0.05, 0) is 0 Å². The van der Waals surface area contributed by atoms with Gasteiger partial charge in [-0.2, -0.15) is 0 Å². The van der Waals surface area contributed by atoms with E-state index in [1.165, 1.54) is 0 Å². The molecule has 0 aromatic heterocycles. The van der Waals surface area contributed by atoms with Gasteiger partial charge in [0.15, 0.2) is 5.97 Å². The second kappa shape index (κ2) is 15.1. The van der Waals surface area contributed by atoms with E-state index >= 15 is 0 Å². The second-order valence-corrected chi connectivity index (χ2v) is 3.09. The fourth-order valence-corrected chi connectivity index (χ4v) is 0.662. The number of carbonyl (C=O) groups excluding carboxylic acids is 2. The molecule has 11 nitrogen and oxygen atoms in total. The monoisotopic (exact) mass is 330 g/mol. The van der Waals surface area contributed by atoms with Crippen molar-refractivity contribution >= 4 is 17.9 Å². The van der Waals surface area contributed by atoms with Crippen LogP contribution in [0.4, 0.5) is 0 Å². The molecular formula is C8H12Na2O11. The molecule has 0 aromatic carbocycles. The minimum atomic E-state index is -2.31. The topological polar surface area (TPSA) is 219 Å². The summed E-state index contributed by atoms with van der Waals surface area (Å²) in [6.45, 7) is -0.863. The van der Waals surface area contributed by atoms with Crippen molar-refractivity contribution in [2.45, 2.75) is 24.4 Å². The maximum atomic E-state index is 9.98. The predicted molar refractivity (Wildman–Crippen MR) is 48.8 cm³/mol. The van der Waals surface area contributed by atoms with Gasteiger partial charge in [-0.15, -0.1) is 0 Å². The van der Waals surface area contributed by atoms with Crippen LogP contribution >= 0.6 is 0 Å². The molecule has 0 aliphatic rings. The summed E-state index contributed by atoms with van der Waals surface area (Å²) in [6, 6.07) is 0. The van der Waals surface area contributed by atoms with E-state index in [2.05, 4.69) is 0 Å². The maximum Gasteiger partial charge on any atom is 1.00 e. The summed E-state index contributed by atoms with van der Waals surface area (Å²) in [5.74, 6) is -5.98. The van der Waals surface area contributed by atoms with E-state index in [4.69, 9.17) is 45.3 Å². The molecule has 0 saturated carbocycles. The van der Waals surface area contributed by atoms with Gasteiger partial charge in [0.05, 0.1) is 12.6 Å². The molecule has 13 heteroatoms. The van der Waals surface area contributed by atoms with Crippen LogP contribution in [0.1, 0.15) is 0 Å².